The molecule has 0 spiro atoms. The molecule has 11 nitrogen and oxygen atoms in total. The van der Waals surface area contributed by atoms with Gasteiger partial charge in [0.15, 0.2) is 11.4 Å². The number of ether oxygens (including phenoxy) is 1. The number of fused-ring (bicyclic) bond motifs is 3. The molecule has 0 saturated carbocycles. The van der Waals surface area contributed by atoms with Gasteiger partial charge in [-0.05, 0) is 51.9 Å². The van der Waals surface area contributed by atoms with E-state index in [1.54, 1.807) is 14.1 Å². The second-order valence-electron chi connectivity index (χ2n) is 10.1. The molecule has 7 N–H and O–H groups in total. The third-order valence-corrected chi connectivity index (χ3v) is 7.70. The molecule has 200 valence electrons. The number of methoxy groups -OCH3 is 1. The number of aliphatic hydroxyl groups excluding tert-OH is 2. The van der Waals surface area contributed by atoms with Crippen molar-refractivity contribution in [3.05, 3.63) is 45.4 Å². The summed E-state index contributed by atoms with van der Waals surface area (Å²) in [6.45, 7) is 3.17. The van der Waals surface area contributed by atoms with E-state index in [2.05, 4.69) is 5.32 Å². The van der Waals surface area contributed by atoms with Crippen molar-refractivity contribution in [2.24, 2.45) is 17.6 Å². The van der Waals surface area contributed by atoms with Gasteiger partial charge in [-0.15, -0.1) is 0 Å². The second kappa shape index (κ2) is 9.47. The monoisotopic (exact) mass is 515 g/mol. The lowest BCUT2D eigenvalue weighted by atomic mass is 9.58. The van der Waals surface area contributed by atoms with Gasteiger partial charge >= 0.3 is 0 Å². The Morgan fingerprint density at radius 3 is 2.51 bits per heavy atom. The maximum Gasteiger partial charge on any atom is 0.255 e. The van der Waals surface area contributed by atoms with E-state index in [-0.39, 0.29) is 29.7 Å². The number of nitrogens with one attached hydrogen (secondary N) is 1. The molecular formula is C26H33N3O8. The van der Waals surface area contributed by atoms with Crippen LogP contribution in [-0.4, -0.2) is 82.2 Å². The molecule has 0 heterocycles. The van der Waals surface area contributed by atoms with Gasteiger partial charge in [0.1, 0.15) is 28.6 Å². The lowest BCUT2D eigenvalue weighted by Gasteiger charge is -2.50. The molecule has 0 radical (unpaired) electrons. The Bertz CT molecular complexity index is 1250. The summed E-state index contributed by atoms with van der Waals surface area (Å²) < 4.78 is 5.65. The van der Waals surface area contributed by atoms with Crippen molar-refractivity contribution >= 4 is 17.5 Å². The van der Waals surface area contributed by atoms with E-state index in [0.717, 1.165) is 13.0 Å². The smallest absolute Gasteiger partial charge is 0.255 e. The first-order valence-corrected chi connectivity index (χ1v) is 12.2. The number of benzene rings is 1. The number of likely N-dealkylation sites (N-methyl/N-ethyl adjacent to an activating group) is 1. The number of hydrogen-bond donors (Lipinski definition) is 6. The van der Waals surface area contributed by atoms with Gasteiger partial charge in [0, 0.05) is 29.2 Å². The summed E-state index contributed by atoms with van der Waals surface area (Å²) in [4.78, 5) is 40.6. The molecule has 11 heteroatoms. The average Bonchev–Trinajstić information content (AvgIpc) is 2.81. The Hall–Kier alpha value is -3.41. The number of amides is 1. The minimum Gasteiger partial charge on any atom is -0.510 e. The number of rotatable bonds is 7. The van der Waals surface area contributed by atoms with Gasteiger partial charge in [-0.2, -0.15) is 0 Å². The van der Waals surface area contributed by atoms with E-state index in [4.69, 9.17) is 10.5 Å². The van der Waals surface area contributed by atoms with Crippen LogP contribution in [0.25, 0.3) is 0 Å². The van der Waals surface area contributed by atoms with Crippen LogP contribution in [0.2, 0.25) is 0 Å². The molecule has 0 aromatic heterocycles. The van der Waals surface area contributed by atoms with Crippen LogP contribution < -0.4 is 15.8 Å². The number of aliphatic hydroxyl groups is 3. The number of nitrogens with two attached hydrogens (primary N) is 1. The Labute approximate surface area is 214 Å². The number of allylic oxidation sites excluding steroid dienone is 1. The van der Waals surface area contributed by atoms with Gasteiger partial charge in [-0.25, -0.2) is 0 Å². The van der Waals surface area contributed by atoms with Gasteiger partial charge < -0.3 is 36.2 Å². The third-order valence-electron chi connectivity index (χ3n) is 7.70. The zero-order valence-electron chi connectivity index (χ0n) is 21.3. The molecule has 4 atom stereocenters. The summed E-state index contributed by atoms with van der Waals surface area (Å²) in [7, 11) is 4.65. The van der Waals surface area contributed by atoms with E-state index in [0.29, 0.717) is 23.4 Å². The van der Waals surface area contributed by atoms with Crippen molar-refractivity contribution in [2.45, 2.75) is 44.4 Å². The number of carbonyl (C=O) groups is 3. The molecule has 37 heavy (non-hydrogen) atoms. The molecule has 3 aliphatic rings. The number of hydrogen-bond acceptors (Lipinski definition) is 10. The van der Waals surface area contributed by atoms with Crippen LogP contribution in [-0.2, 0) is 22.6 Å². The first-order valence-electron chi connectivity index (χ1n) is 12.2. The maximum atomic E-state index is 13.7. The Balaban J connectivity index is 1.90. The summed E-state index contributed by atoms with van der Waals surface area (Å²) in [6, 6.07) is 0.390. The van der Waals surface area contributed by atoms with Crippen LogP contribution in [0.4, 0.5) is 0 Å². The molecule has 1 aromatic rings. The van der Waals surface area contributed by atoms with Gasteiger partial charge in [0.05, 0.1) is 18.7 Å². The highest BCUT2D eigenvalue weighted by atomic mass is 16.5. The summed E-state index contributed by atoms with van der Waals surface area (Å²) in [5, 5.41) is 47.9. The molecule has 0 unspecified atom stereocenters. The molecule has 0 bridgehead atoms. The van der Waals surface area contributed by atoms with Gasteiger partial charge in [-0.3, -0.25) is 19.3 Å². The fourth-order valence-corrected chi connectivity index (χ4v) is 6.15. The molecule has 4 rings (SSSR count). The number of aromatic hydroxyl groups is 1. The summed E-state index contributed by atoms with van der Waals surface area (Å²) in [5.41, 5.74) is 2.71. The Morgan fingerprint density at radius 2 is 1.95 bits per heavy atom. The van der Waals surface area contributed by atoms with E-state index in [1.807, 2.05) is 6.92 Å². The zero-order valence-corrected chi connectivity index (χ0v) is 21.3. The standard InChI is InChI=1S/C26H33N3O8/c1-5-6-28-10-12-9-15(30)17-13(22(12)37-4)7-11-8-14-19(29(2)3)21(32)18(25(27)35)24(34)26(14,36)23(33)16(11)20(17)31/h9,11,14,19,28,30,32-33,36H,5-8,10H2,1-4H3,(H2,27,35)/t11-,14-,19-,26-/m0/s1. The van der Waals surface area contributed by atoms with E-state index in [9.17, 15) is 34.8 Å². The van der Waals surface area contributed by atoms with Crippen molar-refractivity contribution in [2.75, 3.05) is 27.7 Å². The van der Waals surface area contributed by atoms with E-state index < -0.39 is 58.0 Å². The largest absolute Gasteiger partial charge is 0.510 e. The highest BCUT2D eigenvalue weighted by molar-refractivity contribution is 6.24. The first-order chi connectivity index (χ1) is 17.4. The number of nitrogens with zero attached hydrogens (tertiary/aromatic N) is 1. The van der Waals surface area contributed by atoms with Crippen molar-refractivity contribution in [1.82, 2.24) is 10.2 Å². The summed E-state index contributed by atoms with van der Waals surface area (Å²) >= 11 is 0. The van der Waals surface area contributed by atoms with Crippen molar-refractivity contribution in [3.8, 4) is 11.5 Å². The predicted octanol–water partition coefficient (Wildman–Crippen LogP) is 0.629. The van der Waals surface area contributed by atoms with Crippen LogP contribution in [0, 0.1) is 11.8 Å². The SMILES string of the molecule is CCCNCc1cc(O)c2c(c1OC)C[C@H]1C[C@H]3[C@H](N(C)C)C(O)=C(C(N)=O)C(=O)[C@@]3(O)C(O)=C1C2=O. The molecule has 3 aliphatic carbocycles. The summed E-state index contributed by atoms with van der Waals surface area (Å²) in [6.07, 6.45) is 1.10. The van der Waals surface area contributed by atoms with Gasteiger partial charge in [0.25, 0.3) is 5.91 Å². The maximum absolute atomic E-state index is 13.7. The van der Waals surface area contributed by atoms with E-state index in [1.165, 1.54) is 18.1 Å². The van der Waals surface area contributed by atoms with E-state index >= 15 is 0 Å². The molecule has 0 aliphatic heterocycles. The van der Waals surface area contributed by atoms with Crippen molar-refractivity contribution in [3.63, 3.8) is 0 Å². The fourth-order valence-electron chi connectivity index (χ4n) is 6.15. The van der Waals surface area contributed by atoms with Crippen molar-refractivity contribution in [1.29, 1.82) is 0 Å². The second-order valence-corrected chi connectivity index (χ2v) is 10.1. The molecule has 0 saturated heterocycles. The summed E-state index contributed by atoms with van der Waals surface area (Å²) in [5.74, 6) is -6.35. The number of primary amides is 1. The molecule has 1 amide bonds. The topological polar surface area (TPSA) is 183 Å². The third kappa shape index (κ3) is 3.80. The lowest BCUT2D eigenvalue weighted by molar-refractivity contribution is -0.148. The van der Waals surface area contributed by atoms with Gasteiger partial charge in [-0.1, -0.05) is 6.92 Å². The van der Waals surface area contributed by atoms with Gasteiger partial charge in [0.2, 0.25) is 5.78 Å². The number of ketones is 2. The minimum atomic E-state index is -2.66. The van der Waals surface area contributed by atoms with Crippen LogP contribution >= 0.6 is 0 Å². The molecule has 0 fully saturated rings. The number of phenolic OH excluding ortho intramolecular Hbond substituents is 1. The van der Waals surface area contributed by atoms with Crippen molar-refractivity contribution < 1.29 is 39.5 Å². The first kappa shape index (κ1) is 26.6. The highest BCUT2D eigenvalue weighted by Gasteiger charge is 2.63. The molecule has 1 aromatic carbocycles. The molecular weight excluding hydrogens is 482 g/mol. The number of phenols is 1. The van der Waals surface area contributed by atoms with Crippen LogP contribution in [0.3, 0.4) is 0 Å². The minimum absolute atomic E-state index is 0.0218. The highest BCUT2D eigenvalue weighted by Crippen LogP contribution is 2.53. The van der Waals surface area contributed by atoms with Crippen LogP contribution in [0.1, 0.15) is 41.3 Å². The fraction of sp³-hybridized carbons (Fsp3) is 0.500. The normalized spacial score (nSPS) is 27.2. The average molecular weight is 516 g/mol. The number of carbonyl (C=O) groups excluding carboxylic acids is 3. The zero-order chi connectivity index (χ0) is 27.4. The van der Waals surface area contributed by atoms with Crippen LogP contribution in [0.5, 0.6) is 11.5 Å². The number of Topliss-reactive ketones (excluding diaryl/α,β-unsaturated/α-hetero) is 2. The predicted molar refractivity (Wildman–Crippen MR) is 132 cm³/mol. The quantitative estimate of drug-likeness (QED) is 0.222. The van der Waals surface area contributed by atoms with Crippen LogP contribution in [0.15, 0.2) is 28.7 Å². The lowest BCUT2D eigenvalue weighted by Crippen LogP contribution is -2.63. The Morgan fingerprint density at radius 1 is 1.27 bits per heavy atom. The Kier molecular flexibility index (Phi) is 6.82.